The van der Waals surface area contributed by atoms with Crippen LogP contribution in [0.3, 0.4) is 0 Å². The standard InChI is InChI=1S/C25H8.8H2/c1-3-4-5-6-7-8-9-10-11-12-13-14-15-16-17-18-19-25-22-20-24(2)21-23-25;;;;;;;;/h1,20-23H,2H3;8*1H. The average Bonchev–Trinajstić information content (AvgIpc) is 2.63. The Kier molecular flexibility index (Phi) is 9.49. The summed E-state index contributed by atoms with van der Waals surface area (Å²) in [5, 5.41) is 0. The minimum Gasteiger partial charge on any atom is -0.106 e. The molecule has 0 heteroatoms. The van der Waals surface area contributed by atoms with Gasteiger partial charge in [0.1, 0.15) is 0 Å². The van der Waals surface area contributed by atoms with Crippen LogP contribution < -0.4 is 0 Å². The molecule has 1 rings (SSSR count). The summed E-state index contributed by atoms with van der Waals surface area (Å²) in [5.41, 5.74) is 2.11. The van der Waals surface area contributed by atoms with Gasteiger partial charge in [-0.15, -0.1) is 6.42 Å². The van der Waals surface area contributed by atoms with Gasteiger partial charge in [0.25, 0.3) is 0 Å². The fraction of sp³-hybridized carbons (Fsp3) is 0.0400. The number of hydrogen-bond donors (Lipinski definition) is 0. The van der Waals surface area contributed by atoms with E-state index in [9.17, 15) is 0 Å². The molecule has 0 aromatic heterocycles. The molecule has 1 aromatic carbocycles. The molecule has 0 nitrogen and oxygen atoms in total. The topological polar surface area (TPSA) is 0 Å². The summed E-state index contributed by atoms with van der Waals surface area (Å²) in [6.07, 6.45) is 4.92. The largest absolute Gasteiger partial charge is 0.106 e. The van der Waals surface area contributed by atoms with E-state index in [0.29, 0.717) is 0 Å². The molecule has 124 valence electrons. The molecule has 25 heavy (non-hydrogen) atoms. The third-order valence-corrected chi connectivity index (χ3v) is 2.21. The number of rotatable bonds is 0. The molecule has 0 N–H and O–H groups in total. The highest BCUT2D eigenvalue weighted by molar-refractivity contribution is 5.47. The summed E-state index contributed by atoms with van der Waals surface area (Å²) in [4.78, 5) is 0. The highest BCUT2D eigenvalue weighted by Gasteiger charge is 1.84. The van der Waals surface area contributed by atoms with Crippen LogP contribution in [0.25, 0.3) is 0 Å². The third kappa shape index (κ3) is 10.6. The predicted octanol–water partition coefficient (Wildman–Crippen LogP) is 3.97. The first-order valence-corrected chi connectivity index (χ1v) is 6.86. The zero-order valence-electron chi connectivity index (χ0n) is 13.4. The van der Waals surface area contributed by atoms with E-state index in [0.717, 1.165) is 5.56 Å². The van der Waals surface area contributed by atoms with Gasteiger partial charge in [-0.1, -0.05) is 23.6 Å². The molecular weight excluding hydrogens is 300 g/mol. The monoisotopic (exact) mass is 324 g/mol. The molecule has 0 unspecified atom stereocenters. The quantitative estimate of drug-likeness (QED) is 0.634. The fourth-order valence-corrected chi connectivity index (χ4v) is 1.18. The Balaban J connectivity index is -0.000000130. The molecule has 0 amide bonds. The molecule has 1 aromatic rings. The molecule has 0 aliphatic carbocycles. The highest BCUT2D eigenvalue weighted by Crippen LogP contribution is 2.00. The second-order valence-electron chi connectivity index (χ2n) is 4.01. The molecule has 0 aliphatic rings. The summed E-state index contributed by atoms with van der Waals surface area (Å²) in [7, 11) is 0. The summed E-state index contributed by atoms with van der Waals surface area (Å²) in [6.45, 7) is 2.02. The first-order chi connectivity index (χ1) is 12.3. The van der Waals surface area contributed by atoms with Crippen LogP contribution in [-0.4, -0.2) is 0 Å². The molecule has 0 aliphatic heterocycles. The Morgan fingerprint density at radius 1 is 0.560 bits per heavy atom. The summed E-state index contributed by atoms with van der Waals surface area (Å²) in [6, 6.07) is 7.88. The first kappa shape index (κ1) is 18.3. The maximum absolute atomic E-state index is 4.92. The summed E-state index contributed by atoms with van der Waals surface area (Å²) < 4.78 is 0. The van der Waals surface area contributed by atoms with Crippen LogP contribution in [0.5, 0.6) is 0 Å². The van der Waals surface area contributed by atoms with Crippen LogP contribution >= 0.6 is 0 Å². The number of terminal acetylenes is 1. The van der Waals surface area contributed by atoms with Crippen molar-refractivity contribution in [3.8, 4) is 107 Å². The zero-order valence-corrected chi connectivity index (χ0v) is 13.4. The normalized spacial score (nSPS) is 5.60. The van der Waals surface area contributed by atoms with Gasteiger partial charge >= 0.3 is 0 Å². The molecule has 0 spiro atoms. The molecule has 0 fully saturated rings. The van der Waals surface area contributed by atoms with E-state index in [1.54, 1.807) is 0 Å². The zero-order chi connectivity index (χ0) is 18.0. The van der Waals surface area contributed by atoms with Crippen LogP contribution in [0, 0.1) is 114 Å². The second-order valence-corrected chi connectivity index (χ2v) is 4.01. The van der Waals surface area contributed by atoms with E-state index in [-0.39, 0.29) is 11.4 Å². The number of aryl methyl sites for hydroxylation is 1. The van der Waals surface area contributed by atoms with Crippen molar-refractivity contribution < 1.29 is 11.4 Å². The molecule has 0 saturated heterocycles. The number of hydrogen-bond acceptors (Lipinski definition) is 0. The molecule has 0 atom stereocenters. The minimum absolute atomic E-state index is 0. The van der Waals surface area contributed by atoms with Crippen LogP contribution in [0.15, 0.2) is 24.3 Å². The SMILES string of the molecule is C#CC#CC#CC#CC#CC#CC#CC#CC#Cc1ccc(C)cc1.[HH].[HH].[HH].[HH].[HH].[HH].[HH].[HH]. The van der Waals surface area contributed by atoms with Crippen LogP contribution in [-0.2, 0) is 0 Å². The van der Waals surface area contributed by atoms with Crippen molar-refractivity contribution in [1.82, 2.24) is 0 Å². The van der Waals surface area contributed by atoms with Crippen molar-refractivity contribution in [3.05, 3.63) is 35.4 Å². The van der Waals surface area contributed by atoms with Gasteiger partial charge in [0.05, 0.1) is 0 Å². The molecule has 0 bridgehead atoms. The van der Waals surface area contributed by atoms with Gasteiger partial charge in [-0.2, -0.15) is 0 Å². The van der Waals surface area contributed by atoms with Crippen LogP contribution in [0.1, 0.15) is 22.5 Å². The lowest BCUT2D eigenvalue weighted by atomic mass is 10.2. The predicted molar refractivity (Wildman–Crippen MR) is 118 cm³/mol. The Hall–Kier alpha value is -4.74. The van der Waals surface area contributed by atoms with Gasteiger partial charge in [-0.25, -0.2) is 0 Å². The van der Waals surface area contributed by atoms with E-state index in [4.69, 9.17) is 6.42 Å². The Morgan fingerprint density at radius 2 is 0.920 bits per heavy atom. The Morgan fingerprint density at radius 3 is 1.32 bits per heavy atom. The summed E-state index contributed by atoms with van der Waals surface area (Å²) in [5.74, 6) is 42.9. The van der Waals surface area contributed by atoms with Crippen LogP contribution in [0.4, 0.5) is 0 Å². The van der Waals surface area contributed by atoms with Gasteiger partial charge in [0.2, 0.25) is 0 Å². The molecular formula is C25H24. The second kappa shape index (κ2) is 13.0. The van der Waals surface area contributed by atoms with E-state index in [2.05, 4.69) is 101 Å². The fourth-order valence-electron chi connectivity index (χ4n) is 1.18. The molecule has 0 radical (unpaired) electrons. The average molecular weight is 324 g/mol. The van der Waals surface area contributed by atoms with Crippen molar-refractivity contribution in [2.24, 2.45) is 0 Å². The number of benzene rings is 1. The lowest BCUT2D eigenvalue weighted by Crippen LogP contribution is -1.74. The van der Waals surface area contributed by atoms with E-state index < -0.39 is 0 Å². The molecule has 0 saturated carbocycles. The van der Waals surface area contributed by atoms with Crippen molar-refractivity contribution in [1.29, 1.82) is 0 Å². The van der Waals surface area contributed by atoms with Crippen molar-refractivity contribution in [2.75, 3.05) is 0 Å². The van der Waals surface area contributed by atoms with Gasteiger partial charge < -0.3 is 0 Å². The van der Waals surface area contributed by atoms with Crippen molar-refractivity contribution >= 4 is 0 Å². The smallest absolute Gasteiger partial charge is 0.0255 e. The van der Waals surface area contributed by atoms with Gasteiger partial charge in [-0.3, -0.25) is 0 Å². The van der Waals surface area contributed by atoms with Crippen molar-refractivity contribution in [3.63, 3.8) is 0 Å². The first-order valence-electron chi connectivity index (χ1n) is 6.86. The van der Waals surface area contributed by atoms with Gasteiger partial charge in [0.15, 0.2) is 0 Å². The van der Waals surface area contributed by atoms with E-state index >= 15 is 0 Å². The van der Waals surface area contributed by atoms with E-state index in [1.807, 2.05) is 31.2 Å². The Labute approximate surface area is 161 Å². The minimum atomic E-state index is 0. The van der Waals surface area contributed by atoms with E-state index in [1.165, 1.54) is 5.56 Å². The van der Waals surface area contributed by atoms with Gasteiger partial charge in [-0.05, 0) is 114 Å². The molecule has 0 heterocycles. The highest BCUT2D eigenvalue weighted by atomic mass is 13.9. The van der Waals surface area contributed by atoms with Crippen molar-refractivity contribution in [2.45, 2.75) is 6.92 Å². The van der Waals surface area contributed by atoms with Gasteiger partial charge in [0, 0.05) is 17.0 Å². The lowest BCUT2D eigenvalue weighted by Gasteiger charge is -1.89. The maximum atomic E-state index is 4.92. The van der Waals surface area contributed by atoms with Crippen LogP contribution in [0.2, 0.25) is 0 Å². The maximum Gasteiger partial charge on any atom is 0.0255 e. The third-order valence-electron chi connectivity index (χ3n) is 2.21. The lowest BCUT2D eigenvalue weighted by molar-refractivity contribution is 1.46. The summed E-state index contributed by atoms with van der Waals surface area (Å²) >= 11 is 0. The Bertz CT molecular complexity index is 1190.